The number of nitrogens with zero attached hydrogens (tertiary/aromatic N) is 1. The van der Waals surface area contributed by atoms with Crippen molar-refractivity contribution in [2.24, 2.45) is 0 Å². The van der Waals surface area contributed by atoms with Gasteiger partial charge in [0.05, 0.1) is 0 Å². The van der Waals surface area contributed by atoms with Gasteiger partial charge < -0.3 is 0 Å². The van der Waals surface area contributed by atoms with Crippen LogP contribution in [-0.4, -0.2) is 32.9 Å². The summed E-state index contributed by atoms with van der Waals surface area (Å²) in [5.74, 6) is 1.81. The molecule has 0 N–H and O–H groups in total. The van der Waals surface area contributed by atoms with Gasteiger partial charge in [0.15, 0.2) is 0 Å². The first-order chi connectivity index (χ1) is 14.7. The third-order valence-corrected chi connectivity index (χ3v) is 10.5. The molecular weight excluding hydrogens is 456 g/mol. The van der Waals surface area contributed by atoms with Crippen molar-refractivity contribution in [1.82, 2.24) is 4.67 Å². The van der Waals surface area contributed by atoms with Gasteiger partial charge in [0.2, 0.25) is 0 Å². The maximum atomic E-state index is 6.78. The van der Waals surface area contributed by atoms with Crippen LogP contribution in [0.5, 0.6) is 11.5 Å². The van der Waals surface area contributed by atoms with Gasteiger partial charge >= 0.3 is 184 Å². The zero-order chi connectivity index (χ0) is 20.1. The first kappa shape index (κ1) is 18.7. The Hall–Kier alpha value is -2.09. The zero-order valence-electron chi connectivity index (χ0n) is 16.6. The van der Waals surface area contributed by atoms with E-state index in [4.69, 9.17) is 9.05 Å². The molecule has 150 valence electrons. The van der Waals surface area contributed by atoms with Gasteiger partial charge in [0.1, 0.15) is 0 Å². The third-order valence-electron chi connectivity index (χ3n) is 6.14. The molecular formula is C25H22NO2PSe. The molecule has 0 radical (unpaired) electrons. The predicted molar refractivity (Wildman–Crippen MR) is 126 cm³/mol. The number of rotatable bonds is 1. The fourth-order valence-electron chi connectivity index (χ4n) is 4.68. The van der Waals surface area contributed by atoms with Crippen LogP contribution in [0.3, 0.4) is 0 Å². The van der Waals surface area contributed by atoms with Crippen molar-refractivity contribution < 1.29 is 9.05 Å². The predicted octanol–water partition coefficient (Wildman–Crippen LogP) is 6.76. The van der Waals surface area contributed by atoms with Crippen LogP contribution in [0.1, 0.15) is 19.3 Å². The van der Waals surface area contributed by atoms with Crippen molar-refractivity contribution in [3.8, 4) is 22.6 Å². The molecule has 30 heavy (non-hydrogen) atoms. The minimum atomic E-state index is -2.39. The summed E-state index contributed by atoms with van der Waals surface area (Å²) in [5, 5.41) is 4.82. The Kier molecular flexibility index (Phi) is 4.51. The van der Waals surface area contributed by atoms with Crippen molar-refractivity contribution in [2.45, 2.75) is 19.3 Å². The second-order valence-electron chi connectivity index (χ2n) is 7.99. The van der Waals surface area contributed by atoms with E-state index in [0.29, 0.717) is 0 Å². The standard InChI is InChI=1S/C25H22NO2PSe/c30-29(26-16-6-1-7-17-26)27-22-14-12-18-8-2-4-10-20(18)24(22)25-21-11-5-3-9-19(21)13-15-23(25)28-29/h2-5,8-15H,1,6-7,16-17H2. The van der Waals surface area contributed by atoms with Gasteiger partial charge in [-0.25, -0.2) is 0 Å². The van der Waals surface area contributed by atoms with E-state index in [0.717, 1.165) is 35.7 Å². The Balaban J connectivity index is 1.69. The summed E-state index contributed by atoms with van der Waals surface area (Å²) in [6.45, 7) is 2.01. The van der Waals surface area contributed by atoms with Crippen LogP contribution in [-0.2, 0) is 0 Å². The van der Waals surface area contributed by atoms with Gasteiger partial charge in [-0.15, -0.1) is 0 Å². The van der Waals surface area contributed by atoms with E-state index < -0.39 is 6.11 Å². The van der Waals surface area contributed by atoms with E-state index >= 15 is 0 Å². The fraction of sp³-hybridized carbons (Fsp3) is 0.200. The molecule has 0 atom stereocenters. The van der Waals surface area contributed by atoms with Crippen molar-refractivity contribution >= 4 is 42.8 Å². The Labute approximate surface area is 184 Å². The van der Waals surface area contributed by atoms with Gasteiger partial charge in [0.25, 0.3) is 0 Å². The third kappa shape index (κ3) is 2.94. The van der Waals surface area contributed by atoms with Gasteiger partial charge in [-0.05, 0) is 0 Å². The SMILES string of the molecule is [Se]=P1(N2CCCCC2)Oc2ccc3ccccc3c2-c2c(ccc3ccccc23)O1. The summed E-state index contributed by atoms with van der Waals surface area (Å²) >= 11 is 3.37. The van der Waals surface area contributed by atoms with E-state index in [9.17, 15) is 0 Å². The van der Waals surface area contributed by atoms with E-state index in [2.05, 4.69) is 92.6 Å². The molecule has 5 heteroatoms. The van der Waals surface area contributed by atoms with Crippen molar-refractivity contribution in [2.75, 3.05) is 13.1 Å². The molecule has 0 aliphatic carbocycles. The average molecular weight is 478 g/mol. The topological polar surface area (TPSA) is 21.7 Å². The second-order valence-corrected chi connectivity index (χ2v) is 12.8. The molecule has 6 rings (SSSR count). The molecule has 4 aromatic carbocycles. The molecule has 0 saturated carbocycles. The van der Waals surface area contributed by atoms with Crippen molar-refractivity contribution in [1.29, 1.82) is 0 Å². The van der Waals surface area contributed by atoms with Gasteiger partial charge in [-0.1, -0.05) is 0 Å². The quantitative estimate of drug-likeness (QED) is 0.223. The van der Waals surface area contributed by atoms with Crippen molar-refractivity contribution in [3.63, 3.8) is 0 Å². The van der Waals surface area contributed by atoms with Crippen LogP contribution >= 0.6 is 6.11 Å². The summed E-state index contributed by atoms with van der Waals surface area (Å²) in [7, 11) is 0. The summed E-state index contributed by atoms with van der Waals surface area (Å²) in [5.41, 5.74) is 2.27. The average Bonchev–Trinajstić information content (AvgIpc) is 2.94. The summed E-state index contributed by atoms with van der Waals surface area (Å²) in [6.07, 6.45) is 1.25. The van der Waals surface area contributed by atoms with Gasteiger partial charge in [0, 0.05) is 0 Å². The van der Waals surface area contributed by atoms with Crippen LogP contribution in [0, 0.1) is 0 Å². The second kappa shape index (κ2) is 7.25. The number of piperidine rings is 1. The number of hydrogen-bond donors (Lipinski definition) is 0. The molecule has 4 aromatic rings. The van der Waals surface area contributed by atoms with Gasteiger partial charge in [-0.2, -0.15) is 0 Å². The van der Waals surface area contributed by atoms with E-state index in [-0.39, 0.29) is 0 Å². The minimum absolute atomic E-state index is 0.904. The molecule has 0 amide bonds. The molecule has 1 saturated heterocycles. The normalized spacial score (nSPS) is 18.1. The monoisotopic (exact) mass is 479 g/mol. The van der Waals surface area contributed by atoms with Crippen LogP contribution in [0.15, 0.2) is 72.8 Å². The molecule has 0 bridgehead atoms. The number of fused-ring (bicyclic) bond motifs is 7. The molecule has 2 aliphatic rings. The van der Waals surface area contributed by atoms with Crippen LogP contribution in [0.4, 0.5) is 0 Å². The number of hydrogen-bond acceptors (Lipinski definition) is 3. The molecule has 2 aliphatic heterocycles. The molecule has 0 unspecified atom stereocenters. The summed E-state index contributed by atoms with van der Waals surface area (Å²) in [6, 6.07) is 25.6. The molecule has 1 fully saturated rings. The summed E-state index contributed by atoms with van der Waals surface area (Å²) in [4.78, 5) is 0. The Morgan fingerprint density at radius 3 is 1.67 bits per heavy atom. The Morgan fingerprint density at radius 2 is 1.13 bits per heavy atom. The van der Waals surface area contributed by atoms with E-state index in [1.165, 1.54) is 40.8 Å². The van der Waals surface area contributed by atoms with Crippen LogP contribution < -0.4 is 9.05 Å². The molecule has 0 spiro atoms. The first-order valence-electron chi connectivity index (χ1n) is 10.5. The number of benzene rings is 4. The van der Waals surface area contributed by atoms with Crippen molar-refractivity contribution in [3.05, 3.63) is 72.8 Å². The zero-order valence-corrected chi connectivity index (χ0v) is 19.2. The maximum absolute atomic E-state index is 6.78. The van der Waals surface area contributed by atoms with E-state index in [1.54, 1.807) is 0 Å². The first-order valence-corrected chi connectivity index (χ1v) is 14.3. The molecule has 3 nitrogen and oxygen atoms in total. The van der Waals surface area contributed by atoms with Crippen LogP contribution in [0.25, 0.3) is 32.7 Å². The van der Waals surface area contributed by atoms with E-state index in [1.807, 2.05) is 0 Å². The molecule has 0 aromatic heterocycles. The molecule has 2 heterocycles. The summed E-state index contributed by atoms with van der Waals surface area (Å²) < 4.78 is 16.0. The fourth-order valence-corrected chi connectivity index (χ4v) is 8.56. The Morgan fingerprint density at radius 1 is 0.633 bits per heavy atom. The Bertz CT molecular complexity index is 1240. The van der Waals surface area contributed by atoms with Crippen LogP contribution in [0.2, 0.25) is 0 Å². The van der Waals surface area contributed by atoms with Gasteiger partial charge in [-0.3, -0.25) is 0 Å².